The molecule has 0 spiro atoms. The van der Waals surface area contributed by atoms with Gasteiger partial charge in [0.05, 0.1) is 17.9 Å². The predicted molar refractivity (Wildman–Crippen MR) is 73.4 cm³/mol. The molecular formula is C14H19N5. The van der Waals surface area contributed by atoms with E-state index in [9.17, 15) is 0 Å². The average Bonchev–Trinajstić information content (AvgIpc) is 3.16. The van der Waals surface area contributed by atoms with Crippen LogP contribution in [0.1, 0.15) is 37.4 Å². The van der Waals surface area contributed by atoms with Crippen molar-refractivity contribution in [3.8, 4) is 5.69 Å². The van der Waals surface area contributed by atoms with Crippen LogP contribution in [0, 0.1) is 5.92 Å². The molecule has 1 aromatic heterocycles. The Bertz CT molecular complexity index is 518. The Morgan fingerprint density at radius 3 is 2.79 bits per heavy atom. The summed E-state index contributed by atoms with van der Waals surface area (Å²) in [5.41, 5.74) is 4.72. The van der Waals surface area contributed by atoms with Gasteiger partial charge in [0.1, 0.15) is 5.69 Å². The second-order valence-corrected chi connectivity index (χ2v) is 5.13. The van der Waals surface area contributed by atoms with Crippen molar-refractivity contribution in [2.24, 2.45) is 11.8 Å². The number of hydrazine groups is 1. The van der Waals surface area contributed by atoms with Gasteiger partial charge in [0.15, 0.2) is 0 Å². The molecule has 0 amide bonds. The molecule has 19 heavy (non-hydrogen) atoms. The number of para-hydroxylation sites is 1. The van der Waals surface area contributed by atoms with E-state index in [2.05, 4.69) is 15.6 Å². The lowest BCUT2D eigenvalue weighted by atomic mass is 10.1. The van der Waals surface area contributed by atoms with Crippen molar-refractivity contribution in [2.75, 3.05) is 0 Å². The third-order valence-corrected chi connectivity index (χ3v) is 3.62. The summed E-state index contributed by atoms with van der Waals surface area (Å²) in [7, 11) is 0. The van der Waals surface area contributed by atoms with E-state index in [4.69, 9.17) is 5.84 Å². The maximum absolute atomic E-state index is 5.63. The summed E-state index contributed by atoms with van der Waals surface area (Å²) in [6, 6.07) is 10.00. The number of hydrogen-bond acceptors (Lipinski definition) is 4. The van der Waals surface area contributed by atoms with E-state index in [0.29, 0.717) is 0 Å². The lowest BCUT2D eigenvalue weighted by molar-refractivity contribution is 0.469. The molecule has 3 rings (SSSR count). The first-order valence-corrected chi connectivity index (χ1v) is 6.80. The molecule has 3 N–H and O–H groups in total. The molecule has 0 aliphatic heterocycles. The minimum absolute atomic E-state index is 0.0954. The molecule has 0 saturated heterocycles. The zero-order valence-electron chi connectivity index (χ0n) is 10.9. The molecule has 1 aliphatic carbocycles. The van der Waals surface area contributed by atoms with Crippen molar-refractivity contribution < 1.29 is 0 Å². The van der Waals surface area contributed by atoms with Gasteiger partial charge in [-0.1, -0.05) is 31.0 Å². The van der Waals surface area contributed by atoms with Crippen LogP contribution in [0.5, 0.6) is 0 Å². The van der Waals surface area contributed by atoms with Gasteiger partial charge in [0.2, 0.25) is 0 Å². The van der Waals surface area contributed by atoms with Crippen molar-refractivity contribution in [3.63, 3.8) is 0 Å². The van der Waals surface area contributed by atoms with Crippen LogP contribution >= 0.6 is 0 Å². The summed E-state index contributed by atoms with van der Waals surface area (Å²) in [4.78, 5) is 1.65. The molecule has 1 atom stereocenters. The van der Waals surface area contributed by atoms with Crippen molar-refractivity contribution >= 4 is 0 Å². The first-order chi connectivity index (χ1) is 9.36. The summed E-state index contributed by atoms with van der Waals surface area (Å²) in [5.74, 6) is 6.54. The summed E-state index contributed by atoms with van der Waals surface area (Å²) >= 11 is 0. The normalized spacial score (nSPS) is 16.5. The second-order valence-electron chi connectivity index (χ2n) is 5.13. The van der Waals surface area contributed by atoms with Gasteiger partial charge in [-0.3, -0.25) is 11.3 Å². The van der Waals surface area contributed by atoms with E-state index >= 15 is 0 Å². The summed E-state index contributed by atoms with van der Waals surface area (Å²) in [6.07, 6.45) is 6.77. The summed E-state index contributed by atoms with van der Waals surface area (Å²) < 4.78 is 0. The van der Waals surface area contributed by atoms with Crippen molar-refractivity contribution in [1.29, 1.82) is 0 Å². The molecule has 0 bridgehead atoms. The van der Waals surface area contributed by atoms with Crippen LogP contribution in [-0.2, 0) is 0 Å². The van der Waals surface area contributed by atoms with Crippen LogP contribution in [0.2, 0.25) is 0 Å². The Kier molecular flexibility index (Phi) is 3.57. The molecule has 5 heteroatoms. The van der Waals surface area contributed by atoms with E-state index in [-0.39, 0.29) is 6.04 Å². The van der Waals surface area contributed by atoms with Gasteiger partial charge in [-0.05, 0) is 30.9 Å². The Hall–Kier alpha value is -1.72. The van der Waals surface area contributed by atoms with Gasteiger partial charge in [0, 0.05) is 0 Å². The predicted octanol–water partition coefficient (Wildman–Crippen LogP) is 1.96. The van der Waals surface area contributed by atoms with E-state index in [1.54, 1.807) is 11.0 Å². The molecule has 1 saturated carbocycles. The molecular weight excluding hydrogens is 238 g/mol. The highest BCUT2D eigenvalue weighted by molar-refractivity contribution is 5.28. The van der Waals surface area contributed by atoms with Gasteiger partial charge in [-0.25, -0.2) is 0 Å². The zero-order chi connectivity index (χ0) is 13.1. The Balaban J connectivity index is 1.71. The van der Waals surface area contributed by atoms with Crippen molar-refractivity contribution in [1.82, 2.24) is 20.4 Å². The van der Waals surface area contributed by atoms with Gasteiger partial charge in [-0.15, -0.1) is 0 Å². The molecule has 5 nitrogen and oxygen atoms in total. The first-order valence-electron chi connectivity index (χ1n) is 6.80. The molecule has 1 unspecified atom stereocenters. The number of rotatable bonds is 6. The SMILES string of the molecule is NNC(CCC1CC1)c1cnn(-c2ccccc2)n1. The highest BCUT2D eigenvalue weighted by atomic mass is 15.5. The van der Waals surface area contributed by atoms with Crippen LogP contribution < -0.4 is 11.3 Å². The zero-order valence-corrected chi connectivity index (χ0v) is 10.9. The smallest absolute Gasteiger partial charge is 0.101 e. The number of aromatic nitrogens is 3. The van der Waals surface area contributed by atoms with Crippen molar-refractivity contribution in [2.45, 2.75) is 31.7 Å². The third-order valence-electron chi connectivity index (χ3n) is 3.62. The minimum Gasteiger partial charge on any atom is -0.271 e. The molecule has 1 aliphatic rings. The monoisotopic (exact) mass is 257 g/mol. The number of nitrogens with two attached hydrogens (primary N) is 1. The molecule has 1 fully saturated rings. The van der Waals surface area contributed by atoms with Crippen LogP contribution in [0.4, 0.5) is 0 Å². The quantitative estimate of drug-likeness (QED) is 0.613. The fourth-order valence-corrected chi connectivity index (χ4v) is 2.25. The Morgan fingerprint density at radius 1 is 1.32 bits per heavy atom. The van der Waals surface area contributed by atoms with E-state index in [1.165, 1.54) is 19.3 Å². The molecule has 1 heterocycles. The maximum Gasteiger partial charge on any atom is 0.101 e. The molecule has 2 aromatic rings. The van der Waals surface area contributed by atoms with Gasteiger partial charge in [0.25, 0.3) is 0 Å². The Morgan fingerprint density at radius 2 is 2.11 bits per heavy atom. The highest BCUT2D eigenvalue weighted by Gasteiger charge is 2.23. The molecule has 100 valence electrons. The number of benzene rings is 1. The number of nitrogens with zero attached hydrogens (tertiary/aromatic N) is 3. The second kappa shape index (κ2) is 5.50. The van der Waals surface area contributed by atoms with E-state index in [0.717, 1.165) is 23.7 Å². The standard InChI is InChI=1S/C14H19N5/c15-17-13(9-8-11-6-7-11)14-10-16-19(18-14)12-4-2-1-3-5-12/h1-5,10-11,13,17H,6-9,15H2. The lowest BCUT2D eigenvalue weighted by Gasteiger charge is -2.12. The summed E-state index contributed by atoms with van der Waals surface area (Å²) in [6.45, 7) is 0. The van der Waals surface area contributed by atoms with E-state index < -0.39 is 0 Å². The minimum atomic E-state index is 0.0954. The van der Waals surface area contributed by atoms with Gasteiger partial charge < -0.3 is 0 Å². The Labute approximate surface area is 112 Å². The highest BCUT2D eigenvalue weighted by Crippen LogP contribution is 2.35. The maximum atomic E-state index is 5.63. The van der Waals surface area contributed by atoms with Crippen LogP contribution in [0.3, 0.4) is 0 Å². The van der Waals surface area contributed by atoms with Crippen LogP contribution in [0.25, 0.3) is 5.69 Å². The average molecular weight is 257 g/mol. The molecule has 0 radical (unpaired) electrons. The lowest BCUT2D eigenvalue weighted by Crippen LogP contribution is -2.28. The number of nitrogens with one attached hydrogen (secondary N) is 1. The molecule has 1 aromatic carbocycles. The fourth-order valence-electron chi connectivity index (χ4n) is 2.25. The fraction of sp³-hybridized carbons (Fsp3) is 0.429. The van der Waals surface area contributed by atoms with Crippen LogP contribution in [-0.4, -0.2) is 15.0 Å². The van der Waals surface area contributed by atoms with Crippen molar-refractivity contribution in [3.05, 3.63) is 42.2 Å². The van der Waals surface area contributed by atoms with Crippen LogP contribution in [0.15, 0.2) is 36.5 Å². The first kappa shape index (κ1) is 12.3. The third kappa shape index (κ3) is 3.00. The van der Waals surface area contributed by atoms with E-state index in [1.807, 2.05) is 30.3 Å². The summed E-state index contributed by atoms with van der Waals surface area (Å²) in [5, 5.41) is 8.82. The van der Waals surface area contributed by atoms with Gasteiger partial charge in [-0.2, -0.15) is 15.0 Å². The van der Waals surface area contributed by atoms with Gasteiger partial charge >= 0.3 is 0 Å². The topological polar surface area (TPSA) is 68.8 Å². The largest absolute Gasteiger partial charge is 0.271 e. The number of hydrogen-bond donors (Lipinski definition) is 2.